The average molecular weight is 368 g/mol. The molecule has 26 heavy (non-hydrogen) atoms. The van der Waals surface area contributed by atoms with Crippen LogP contribution in [0.25, 0.3) is 10.9 Å². The highest BCUT2D eigenvalue weighted by Crippen LogP contribution is 2.33. The van der Waals surface area contributed by atoms with Gasteiger partial charge in [0.05, 0.1) is 31.4 Å². The molecule has 2 heterocycles. The van der Waals surface area contributed by atoms with Crippen LogP contribution in [0, 0.1) is 5.92 Å². The Morgan fingerprint density at radius 3 is 2.73 bits per heavy atom. The zero-order valence-electron chi connectivity index (χ0n) is 14.2. The van der Waals surface area contributed by atoms with Crippen LogP contribution in [0.2, 0.25) is 0 Å². The van der Waals surface area contributed by atoms with Crippen molar-refractivity contribution in [3.05, 3.63) is 36.4 Å². The zero-order chi connectivity index (χ0) is 18.7. The fourth-order valence-corrected chi connectivity index (χ4v) is 2.90. The Kier molecular flexibility index (Phi) is 5.43. The Morgan fingerprint density at radius 2 is 2.04 bits per heavy atom. The molecule has 140 valence electrons. The van der Waals surface area contributed by atoms with Crippen molar-refractivity contribution in [1.29, 1.82) is 0 Å². The van der Waals surface area contributed by atoms with Crippen LogP contribution in [0.4, 0.5) is 19.0 Å². The number of amides is 1. The lowest BCUT2D eigenvalue weighted by Crippen LogP contribution is -2.44. The van der Waals surface area contributed by atoms with Gasteiger partial charge in [0.2, 0.25) is 5.91 Å². The van der Waals surface area contributed by atoms with Crippen LogP contribution in [0.3, 0.4) is 0 Å². The number of nitrogens with zero attached hydrogens (tertiary/aromatic N) is 2. The summed E-state index contributed by atoms with van der Waals surface area (Å²) in [5, 5.41) is 0.845. The summed E-state index contributed by atoms with van der Waals surface area (Å²) in [5.41, 5.74) is 0.609. The molecule has 2 atom stereocenters. The summed E-state index contributed by atoms with van der Waals surface area (Å²) < 4.78 is 50.9. The maximum atomic E-state index is 13.5. The van der Waals surface area contributed by atoms with Crippen LogP contribution in [0.1, 0.15) is 6.42 Å². The van der Waals surface area contributed by atoms with Gasteiger partial charge >= 0.3 is 6.18 Å². The third-order valence-corrected chi connectivity index (χ3v) is 4.33. The first kappa shape index (κ1) is 18.6. The summed E-state index contributed by atoms with van der Waals surface area (Å²) in [6.07, 6.45) is -5.90. The van der Waals surface area contributed by atoms with Gasteiger partial charge in [0.15, 0.2) is 0 Å². The van der Waals surface area contributed by atoms with Gasteiger partial charge in [-0.15, -0.1) is 0 Å². The summed E-state index contributed by atoms with van der Waals surface area (Å²) in [4.78, 5) is 17.8. The van der Waals surface area contributed by atoms with Crippen molar-refractivity contribution in [1.82, 2.24) is 4.98 Å². The Labute approximate surface area is 148 Å². The Hall–Kier alpha value is -2.19. The highest BCUT2D eigenvalue weighted by molar-refractivity contribution is 5.95. The minimum absolute atomic E-state index is 0.0534. The molecule has 1 amide bonds. The third-order valence-electron chi connectivity index (χ3n) is 4.33. The molecule has 1 aliphatic rings. The Morgan fingerprint density at radius 1 is 1.27 bits per heavy atom. The molecule has 0 radical (unpaired) electrons. The molecule has 0 bridgehead atoms. The van der Waals surface area contributed by atoms with Crippen molar-refractivity contribution in [3.8, 4) is 0 Å². The van der Waals surface area contributed by atoms with Gasteiger partial charge in [-0.3, -0.25) is 9.69 Å². The quantitative estimate of drug-likeness (QED) is 0.832. The van der Waals surface area contributed by atoms with E-state index in [9.17, 15) is 18.0 Å². The molecule has 1 fully saturated rings. The van der Waals surface area contributed by atoms with Crippen LogP contribution in [0.5, 0.6) is 0 Å². The SMILES string of the molecule is CN(C(=O)C(CC1COCCO1)C(F)(F)F)c1ccc2ccccc2n1. The molecule has 0 spiro atoms. The van der Waals surface area contributed by atoms with Gasteiger partial charge in [0.1, 0.15) is 11.7 Å². The van der Waals surface area contributed by atoms with Gasteiger partial charge in [0, 0.05) is 12.4 Å². The summed E-state index contributed by atoms with van der Waals surface area (Å²) in [5.74, 6) is -3.06. The zero-order valence-corrected chi connectivity index (χ0v) is 14.2. The molecule has 8 heteroatoms. The summed E-state index contributed by atoms with van der Waals surface area (Å²) in [6, 6.07) is 10.5. The van der Waals surface area contributed by atoms with Crippen LogP contribution >= 0.6 is 0 Å². The highest BCUT2D eigenvalue weighted by Gasteiger charge is 2.47. The number of para-hydroxylation sites is 1. The second-order valence-corrected chi connectivity index (χ2v) is 6.16. The molecular formula is C18H19F3N2O3. The van der Waals surface area contributed by atoms with E-state index in [0.717, 1.165) is 10.3 Å². The van der Waals surface area contributed by atoms with Crippen LogP contribution in [-0.2, 0) is 14.3 Å². The molecule has 0 saturated carbocycles. The number of carbonyl (C=O) groups is 1. The number of pyridine rings is 1. The molecule has 1 aliphatic heterocycles. The monoisotopic (exact) mass is 368 g/mol. The van der Waals surface area contributed by atoms with Crippen LogP contribution in [0.15, 0.2) is 36.4 Å². The smallest absolute Gasteiger partial charge is 0.376 e. The minimum Gasteiger partial charge on any atom is -0.376 e. The van der Waals surface area contributed by atoms with E-state index in [1.165, 1.54) is 13.1 Å². The van der Waals surface area contributed by atoms with Crippen molar-refractivity contribution >= 4 is 22.6 Å². The normalized spacial score (nSPS) is 19.3. The van der Waals surface area contributed by atoms with Crippen molar-refractivity contribution in [2.24, 2.45) is 5.92 Å². The van der Waals surface area contributed by atoms with E-state index in [1.807, 2.05) is 12.1 Å². The molecule has 1 aromatic heterocycles. The van der Waals surface area contributed by atoms with E-state index in [-0.39, 0.29) is 19.0 Å². The lowest BCUT2D eigenvalue weighted by Gasteiger charge is -2.29. The fourth-order valence-electron chi connectivity index (χ4n) is 2.90. The molecule has 5 nitrogen and oxygen atoms in total. The summed E-state index contributed by atoms with van der Waals surface area (Å²) >= 11 is 0. The summed E-state index contributed by atoms with van der Waals surface area (Å²) in [7, 11) is 1.30. The van der Waals surface area contributed by atoms with E-state index in [1.54, 1.807) is 18.2 Å². The van der Waals surface area contributed by atoms with E-state index >= 15 is 0 Å². The second kappa shape index (κ2) is 7.59. The van der Waals surface area contributed by atoms with Gasteiger partial charge in [-0.2, -0.15) is 13.2 Å². The van der Waals surface area contributed by atoms with Crippen LogP contribution < -0.4 is 4.90 Å². The van der Waals surface area contributed by atoms with E-state index in [0.29, 0.717) is 12.1 Å². The van der Waals surface area contributed by atoms with Gasteiger partial charge in [-0.05, 0) is 24.6 Å². The first-order chi connectivity index (χ1) is 12.4. The van der Waals surface area contributed by atoms with Crippen LogP contribution in [-0.4, -0.2) is 50.0 Å². The molecule has 1 saturated heterocycles. The number of hydrogen-bond acceptors (Lipinski definition) is 4. The van der Waals surface area contributed by atoms with Crippen molar-refractivity contribution in [2.45, 2.75) is 18.7 Å². The fraction of sp³-hybridized carbons (Fsp3) is 0.444. The van der Waals surface area contributed by atoms with Gasteiger partial charge in [0.25, 0.3) is 0 Å². The maximum Gasteiger partial charge on any atom is 0.400 e. The first-order valence-corrected chi connectivity index (χ1v) is 8.25. The maximum absolute atomic E-state index is 13.5. The predicted octanol–water partition coefficient (Wildman–Crippen LogP) is 3.18. The van der Waals surface area contributed by atoms with Gasteiger partial charge in [-0.25, -0.2) is 4.98 Å². The number of rotatable bonds is 4. The Balaban J connectivity index is 1.81. The van der Waals surface area contributed by atoms with E-state index < -0.39 is 30.5 Å². The first-order valence-electron chi connectivity index (χ1n) is 8.25. The van der Waals surface area contributed by atoms with Crippen molar-refractivity contribution < 1.29 is 27.4 Å². The van der Waals surface area contributed by atoms with E-state index in [2.05, 4.69) is 4.98 Å². The highest BCUT2D eigenvalue weighted by atomic mass is 19.4. The number of carbonyl (C=O) groups excluding carboxylic acids is 1. The molecule has 0 N–H and O–H groups in total. The standard InChI is InChI=1S/C18H19F3N2O3/c1-23(16-7-6-12-4-2-3-5-15(12)22-16)17(24)14(18(19,20)21)10-13-11-25-8-9-26-13/h2-7,13-14H,8-11H2,1H3. The largest absolute Gasteiger partial charge is 0.400 e. The number of halogens is 3. The molecule has 2 aromatic rings. The molecule has 2 unspecified atom stereocenters. The van der Waals surface area contributed by atoms with Gasteiger partial charge in [-0.1, -0.05) is 18.2 Å². The molecular weight excluding hydrogens is 349 g/mol. The number of hydrogen-bond donors (Lipinski definition) is 0. The predicted molar refractivity (Wildman–Crippen MR) is 89.9 cm³/mol. The van der Waals surface area contributed by atoms with E-state index in [4.69, 9.17) is 9.47 Å². The van der Waals surface area contributed by atoms with Gasteiger partial charge < -0.3 is 9.47 Å². The molecule has 1 aromatic carbocycles. The lowest BCUT2D eigenvalue weighted by molar-refractivity contribution is -0.193. The third kappa shape index (κ3) is 4.13. The second-order valence-electron chi connectivity index (χ2n) is 6.16. The van der Waals surface area contributed by atoms with Crippen molar-refractivity contribution in [3.63, 3.8) is 0 Å². The number of anilines is 1. The number of ether oxygens (including phenoxy) is 2. The lowest BCUT2D eigenvalue weighted by atomic mass is 9.99. The van der Waals surface area contributed by atoms with Crippen molar-refractivity contribution in [2.75, 3.05) is 31.8 Å². The number of alkyl halides is 3. The minimum atomic E-state index is -4.68. The summed E-state index contributed by atoms with van der Waals surface area (Å²) in [6.45, 7) is 0.630. The topological polar surface area (TPSA) is 51.7 Å². The molecule has 3 rings (SSSR count). The molecule has 0 aliphatic carbocycles. The number of aromatic nitrogens is 1. The number of benzene rings is 1. The average Bonchev–Trinajstić information content (AvgIpc) is 2.64. The number of fused-ring (bicyclic) bond motifs is 1. The Bertz CT molecular complexity index is 776.